The summed E-state index contributed by atoms with van der Waals surface area (Å²) in [6, 6.07) is 8.25. The van der Waals surface area contributed by atoms with Crippen LogP contribution in [0, 0.1) is 10.1 Å². The van der Waals surface area contributed by atoms with Crippen LogP contribution in [-0.2, 0) is 20.1 Å². The van der Waals surface area contributed by atoms with Crippen LogP contribution < -0.4 is 0 Å². The molecule has 20 heavy (non-hydrogen) atoms. The molecule has 0 spiro atoms. The van der Waals surface area contributed by atoms with Crippen LogP contribution in [0.4, 0.5) is 0 Å². The molecule has 9 heteroatoms. The lowest BCUT2D eigenvalue weighted by Gasteiger charge is -2.07. The number of aliphatic carboxylic acids is 1. The smallest absolute Gasteiger partial charge is 0.372 e. The van der Waals surface area contributed by atoms with E-state index in [1.165, 1.54) is 0 Å². The molecule has 1 atom stereocenters. The van der Waals surface area contributed by atoms with Gasteiger partial charge in [0.1, 0.15) is 0 Å². The Morgan fingerprint density at radius 2 is 1.95 bits per heavy atom. The third kappa shape index (κ3) is 10.0. The quantitative estimate of drug-likeness (QED) is 0.469. The summed E-state index contributed by atoms with van der Waals surface area (Å²) >= 11 is 0. The molecule has 0 saturated carbocycles. The van der Waals surface area contributed by atoms with E-state index >= 15 is 0 Å². The minimum Gasteiger partial charge on any atom is -0.481 e. The van der Waals surface area contributed by atoms with Crippen molar-refractivity contribution in [1.82, 2.24) is 0 Å². The molecule has 0 saturated heterocycles. The van der Waals surface area contributed by atoms with Crippen LogP contribution in [-0.4, -0.2) is 21.1 Å². The fraction of sp³-hybridized carbons (Fsp3) is 0.364. The maximum Gasteiger partial charge on any atom is 0.372 e. The molecule has 0 aliphatic heterocycles. The number of carboxylic acids is 1. The van der Waals surface area contributed by atoms with E-state index in [1.807, 2.05) is 6.92 Å². The van der Waals surface area contributed by atoms with Crippen molar-refractivity contribution < 1.29 is 29.1 Å². The molecule has 0 aliphatic rings. The zero-order chi connectivity index (χ0) is 15.6. The molecule has 0 aromatic heterocycles. The largest absolute Gasteiger partial charge is 0.481 e. The molecule has 0 radical (unpaired) electrons. The summed E-state index contributed by atoms with van der Waals surface area (Å²) in [7, 11) is -4.17. The molecule has 0 heterocycles. The van der Waals surface area contributed by atoms with E-state index in [0.29, 0.717) is 12.0 Å². The number of rotatable bonds is 6. The van der Waals surface area contributed by atoms with Gasteiger partial charge in [0, 0.05) is 6.42 Å². The predicted octanol–water partition coefficient (Wildman–Crippen LogP) is 2.45. The first kappa shape index (κ1) is 18.1. The van der Waals surface area contributed by atoms with E-state index in [4.69, 9.17) is 10.00 Å². The van der Waals surface area contributed by atoms with Gasteiger partial charge in [0.05, 0.1) is 6.16 Å². The Bertz CT molecular complexity index is 477. The molecule has 0 fully saturated rings. The normalized spacial score (nSPS) is 12.5. The highest BCUT2D eigenvalue weighted by molar-refractivity contribution is 7.51. The summed E-state index contributed by atoms with van der Waals surface area (Å²) in [4.78, 5) is 28.5. The minimum absolute atomic E-state index is 0.292. The molecular weight excluding hydrogens is 289 g/mol. The molecule has 1 aromatic rings. The Balaban J connectivity index is 0.000000511. The van der Waals surface area contributed by atoms with Gasteiger partial charge in [0.2, 0.25) is 0 Å². The molecule has 2 N–H and O–H groups in total. The van der Waals surface area contributed by atoms with Crippen LogP contribution in [0.2, 0.25) is 0 Å². The Morgan fingerprint density at radius 3 is 2.30 bits per heavy atom. The zero-order valence-electron chi connectivity index (χ0n) is 10.8. The van der Waals surface area contributed by atoms with E-state index in [1.54, 1.807) is 30.3 Å². The second kappa shape index (κ2) is 9.06. The number of carboxylic acid groups (broad SMARTS) is 1. The second-order valence-corrected chi connectivity index (χ2v) is 5.48. The summed E-state index contributed by atoms with van der Waals surface area (Å²) in [5.74, 6) is -0.711. The zero-order valence-corrected chi connectivity index (χ0v) is 11.7. The first-order valence-electron chi connectivity index (χ1n) is 5.68. The van der Waals surface area contributed by atoms with Gasteiger partial charge in [-0.2, -0.15) is 0 Å². The Labute approximate surface area is 115 Å². The SMILES string of the molecule is CCCC(=O)O.O=[N+]([O-])OP(=O)(O)Cc1ccccc1. The average Bonchev–Trinajstić information content (AvgIpc) is 2.28. The van der Waals surface area contributed by atoms with Gasteiger partial charge in [0.15, 0.2) is 0 Å². The minimum atomic E-state index is -4.17. The van der Waals surface area contributed by atoms with Crippen molar-refractivity contribution >= 4 is 13.6 Å². The van der Waals surface area contributed by atoms with Crippen molar-refractivity contribution in [1.29, 1.82) is 0 Å². The summed E-state index contributed by atoms with van der Waals surface area (Å²) in [6.45, 7) is 1.84. The number of hydrogen-bond acceptors (Lipinski definition) is 5. The van der Waals surface area contributed by atoms with Gasteiger partial charge in [-0.1, -0.05) is 37.3 Å². The molecule has 112 valence electrons. The monoisotopic (exact) mass is 305 g/mol. The number of benzene rings is 1. The van der Waals surface area contributed by atoms with Gasteiger partial charge in [-0.25, -0.2) is 4.62 Å². The van der Waals surface area contributed by atoms with Crippen LogP contribution in [0.5, 0.6) is 0 Å². The van der Waals surface area contributed by atoms with Gasteiger partial charge < -0.3 is 10.00 Å². The van der Waals surface area contributed by atoms with Gasteiger partial charge >= 0.3 is 18.7 Å². The van der Waals surface area contributed by atoms with Crippen molar-refractivity contribution in [2.45, 2.75) is 25.9 Å². The lowest BCUT2D eigenvalue weighted by molar-refractivity contribution is -0.715. The van der Waals surface area contributed by atoms with Gasteiger partial charge in [-0.05, 0) is 12.0 Å². The maximum atomic E-state index is 11.1. The van der Waals surface area contributed by atoms with Crippen molar-refractivity contribution in [2.75, 3.05) is 0 Å². The van der Waals surface area contributed by atoms with Crippen molar-refractivity contribution in [3.05, 3.63) is 46.0 Å². The Morgan fingerprint density at radius 1 is 1.40 bits per heavy atom. The number of nitrogens with zero attached hydrogens (tertiary/aromatic N) is 1. The summed E-state index contributed by atoms with van der Waals surface area (Å²) in [5, 5.41) is 16.5. The molecular formula is C11H16NO7P. The van der Waals surface area contributed by atoms with E-state index in [2.05, 4.69) is 4.62 Å². The standard InChI is InChI=1S/C7H8NO5P.C4H8O2/c9-8(10)13-14(11,12)6-7-4-2-1-3-5-7;1-2-3-4(5)6/h1-5H,6H2,(H,11,12);2-3H2,1H3,(H,5,6). The Kier molecular flexibility index (Phi) is 8.19. The van der Waals surface area contributed by atoms with Crippen LogP contribution >= 0.6 is 7.60 Å². The van der Waals surface area contributed by atoms with E-state index < -0.39 is 18.7 Å². The fourth-order valence-electron chi connectivity index (χ4n) is 1.16. The number of hydrogen-bond donors (Lipinski definition) is 2. The van der Waals surface area contributed by atoms with E-state index in [-0.39, 0.29) is 6.16 Å². The summed E-state index contributed by atoms with van der Waals surface area (Å²) in [5.41, 5.74) is 0.514. The highest BCUT2D eigenvalue weighted by Gasteiger charge is 2.23. The predicted molar refractivity (Wildman–Crippen MR) is 70.6 cm³/mol. The van der Waals surface area contributed by atoms with Crippen LogP contribution in [0.1, 0.15) is 25.3 Å². The molecule has 0 bridgehead atoms. The second-order valence-electron chi connectivity index (χ2n) is 3.73. The molecule has 8 nitrogen and oxygen atoms in total. The van der Waals surface area contributed by atoms with E-state index in [0.717, 1.165) is 6.42 Å². The molecule has 0 amide bonds. The third-order valence-electron chi connectivity index (χ3n) is 1.88. The van der Waals surface area contributed by atoms with Gasteiger partial charge in [-0.3, -0.25) is 9.36 Å². The highest BCUT2D eigenvalue weighted by atomic mass is 31.2. The van der Waals surface area contributed by atoms with Crippen molar-refractivity contribution in [3.8, 4) is 0 Å². The Hall–Kier alpha value is -1.92. The van der Waals surface area contributed by atoms with Crippen LogP contribution in [0.3, 0.4) is 0 Å². The van der Waals surface area contributed by atoms with Crippen molar-refractivity contribution in [2.24, 2.45) is 0 Å². The van der Waals surface area contributed by atoms with Crippen LogP contribution in [0.25, 0.3) is 0 Å². The van der Waals surface area contributed by atoms with E-state index in [9.17, 15) is 19.5 Å². The van der Waals surface area contributed by atoms with Crippen LogP contribution in [0.15, 0.2) is 30.3 Å². The molecule has 1 unspecified atom stereocenters. The highest BCUT2D eigenvalue weighted by Crippen LogP contribution is 2.45. The summed E-state index contributed by atoms with van der Waals surface area (Å²) < 4.78 is 14.8. The molecule has 0 aliphatic carbocycles. The molecule has 1 rings (SSSR count). The first-order valence-corrected chi connectivity index (χ1v) is 7.44. The average molecular weight is 305 g/mol. The number of carbonyl (C=O) groups is 1. The summed E-state index contributed by atoms with van der Waals surface area (Å²) in [6.07, 6.45) is 0.657. The maximum absolute atomic E-state index is 11.1. The molecule has 1 aromatic carbocycles. The lowest BCUT2D eigenvalue weighted by Crippen LogP contribution is -2.00. The van der Waals surface area contributed by atoms with Gasteiger partial charge in [-0.15, -0.1) is 10.1 Å². The third-order valence-corrected chi connectivity index (χ3v) is 3.04. The van der Waals surface area contributed by atoms with Gasteiger partial charge in [0.25, 0.3) is 0 Å². The topological polar surface area (TPSA) is 127 Å². The lowest BCUT2D eigenvalue weighted by atomic mass is 10.2. The fourth-order valence-corrected chi connectivity index (χ4v) is 2.10. The van der Waals surface area contributed by atoms with Crippen molar-refractivity contribution in [3.63, 3.8) is 0 Å². The first-order chi connectivity index (χ1) is 9.26.